The first-order valence-electron chi connectivity index (χ1n) is 15.5. The van der Waals surface area contributed by atoms with Crippen molar-refractivity contribution in [3.8, 4) is 16.9 Å². The van der Waals surface area contributed by atoms with E-state index in [0.717, 1.165) is 30.1 Å². The van der Waals surface area contributed by atoms with E-state index in [9.17, 15) is 15.2 Å². The predicted molar refractivity (Wildman–Crippen MR) is 178 cm³/mol. The minimum Gasteiger partial charge on any atom is -0.507 e. The van der Waals surface area contributed by atoms with Gasteiger partial charge in [0.25, 0.3) is 5.69 Å². The van der Waals surface area contributed by atoms with Crippen molar-refractivity contribution in [1.29, 1.82) is 0 Å². The number of nitrogens with zero attached hydrogens (tertiary/aromatic N) is 2. The van der Waals surface area contributed by atoms with Crippen LogP contribution in [0.25, 0.3) is 17.2 Å². The van der Waals surface area contributed by atoms with Crippen molar-refractivity contribution in [2.24, 2.45) is 0 Å². The largest absolute Gasteiger partial charge is 0.507 e. The van der Waals surface area contributed by atoms with Crippen LogP contribution in [-0.2, 0) is 17.4 Å². The number of para-hydroxylation sites is 1. The van der Waals surface area contributed by atoms with Crippen molar-refractivity contribution in [3.63, 3.8) is 0 Å². The van der Waals surface area contributed by atoms with Crippen molar-refractivity contribution in [1.82, 2.24) is 0 Å². The predicted octanol–water partition coefficient (Wildman–Crippen LogP) is 7.45. The van der Waals surface area contributed by atoms with Gasteiger partial charge in [-0.15, -0.1) is 0 Å². The first-order chi connectivity index (χ1) is 21.0. The zero-order valence-electron chi connectivity index (χ0n) is 26.4. The van der Waals surface area contributed by atoms with Crippen molar-refractivity contribution >= 4 is 28.8 Å². The van der Waals surface area contributed by atoms with Crippen LogP contribution in [0.5, 0.6) is 5.75 Å². The summed E-state index contributed by atoms with van der Waals surface area (Å²) in [7, 11) is 0. The normalized spacial score (nSPS) is 16.0. The van der Waals surface area contributed by atoms with Gasteiger partial charge in [0, 0.05) is 41.3 Å². The van der Waals surface area contributed by atoms with Gasteiger partial charge in [0.2, 0.25) is 5.69 Å². The molecule has 0 saturated heterocycles. The maximum absolute atomic E-state index is 11.5. The van der Waals surface area contributed by atoms with Gasteiger partial charge in [-0.25, -0.2) is 0 Å². The van der Waals surface area contributed by atoms with Crippen LogP contribution in [0.1, 0.15) is 69.4 Å². The minimum absolute atomic E-state index is 0.0333. The van der Waals surface area contributed by atoms with Gasteiger partial charge in [-0.05, 0) is 79.8 Å². The molecular weight excluding hydrogens is 546 g/mol. The molecule has 2 N–H and O–H groups in total. The van der Waals surface area contributed by atoms with Gasteiger partial charge in [-0.3, -0.25) is 10.1 Å². The summed E-state index contributed by atoms with van der Waals surface area (Å²) in [5, 5.41) is 22.2. The average Bonchev–Trinajstić information content (AvgIpc) is 3.36. The van der Waals surface area contributed by atoms with E-state index in [1.807, 2.05) is 12.1 Å². The number of nitro benzene ring substituents is 1. The van der Waals surface area contributed by atoms with Crippen molar-refractivity contribution < 1.29 is 19.5 Å². The monoisotopic (exact) mass is 587 g/mol. The lowest BCUT2D eigenvalue weighted by Gasteiger charge is -2.23. The Hall–Kier alpha value is -4.55. The zero-order chi connectivity index (χ0) is 31.4. The van der Waals surface area contributed by atoms with Gasteiger partial charge in [0.15, 0.2) is 12.3 Å². The molecule has 0 amide bonds. The second-order valence-electron chi connectivity index (χ2n) is 13.0. The summed E-state index contributed by atoms with van der Waals surface area (Å²) in [6.45, 7) is 16.0. The molecule has 0 radical (unpaired) electrons. The Kier molecular flexibility index (Phi) is 7.29. The number of nitro groups is 1. The highest BCUT2D eigenvalue weighted by molar-refractivity contribution is 6.05. The van der Waals surface area contributed by atoms with Gasteiger partial charge in [-0.1, -0.05) is 50.2 Å². The van der Waals surface area contributed by atoms with Crippen molar-refractivity contribution in [2.45, 2.75) is 58.9 Å². The van der Waals surface area contributed by atoms with Crippen LogP contribution in [-0.4, -0.2) is 33.4 Å². The van der Waals surface area contributed by atoms with Crippen molar-refractivity contribution in [3.05, 3.63) is 123 Å². The molecule has 224 valence electrons. The Labute approximate surface area is 259 Å². The van der Waals surface area contributed by atoms with Crippen LogP contribution < -0.4 is 4.90 Å². The van der Waals surface area contributed by atoms with E-state index in [-0.39, 0.29) is 22.3 Å². The van der Waals surface area contributed by atoms with E-state index in [2.05, 4.69) is 107 Å². The Balaban J connectivity index is 1.40. The summed E-state index contributed by atoms with van der Waals surface area (Å²) in [6.07, 6.45) is 4.35. The molecule has 1 aliphatic heterocycles. The molecule has 6 rings (SSSR count). The fourth-order valence-corrected chi connectivity index (χ4v) is 7.21. The highest BCUT2D eigenvalue weighted by atomic mass is 16.6. The van der Waals surface area contributed by atoms with E-state index in [0.29, 0.717) is 12.1 Å². The minimum atomic E-state index is -0.422. The Morgan fingerprint density at radius 2 is 1.50 bits per heavy atom. The highest BCUT2D eigenvalue weighted by Crippen LogP contribution is 2.49. The summed E-state index contributed by atoms with van der Waals surface area (Å²) >= 11 is 0. The number of hydrogen-bond donors (Lipinski definition) is 2. The highest BCUT2D eigenvalue weighted by Gasteiger charge is 2.44. The van der Waals surface area contributed by atoms with E-state index >= 15 is 0 Å². The van der Waals surface area contributed by atoms with E-state index < -0.39 is 4.92 Å². The SMILES string of the molecule is CC[NH+](CC)c1ccc2c(c1)C(C)(C)c1cc(C=CC3=[N+](Cc4cc([N+](=O)[O-])ccc4O)c4ccccc4C3(C)C)ccc1-2. The number of rotatable bonds is 8. The lowest BCUT2D eigenvalue weighted by Crippen LogP contribution is -3.06. The van der Waals surface area contributed by atoms with Gasteiger partial charge in [0.05, 0.1) is 29.0 Å². The number of benzene rings is 4. The molecule has 44 heavy (non-hydrogen) atoms. The fraction of sp³-hybridized carbons (Fsp3) is 0.289. The molecule has 0 saturated carbocycles. The smallest absolute Gasteiger partial charge is 0.270 e. The molecule has 0 aromatic heterocycles. The summed E-state index contributed by atoms with van der Waals surface area (Å²) in [4.78, 5) is 12.6. The van der Waals surface area contributed by atoms with Crippen LogP contribution in [0.3, 0.4) is 0 Å². The number of hydrogen-bond acceptors (Lipinski definition) is 3. The molecule has 0 atom stereocenters. The fourth-order valence-electron chi connectivity index (χ4n) is 7.21. The summed E-state index contributed by atoms with van der Waals surface area (Å²) in [5.41, 5.74) is 11.2. The van der Waals surface area contributed by atoms with Gasteiger partial charge >= 0.3 is 0 Å². The van der Waals surface area contributed by atoms with E-state index in [1.54, 1.807) is 0 Å². The Morgan fingerprint density at radius 1 is 0.818 bits per heavy atom. The molecule has 6 nitrogen and oxygen atoms in total. The summed E-state index contributed by atoms with van der Waals surface area (Å²) in [6, 6.07) is 26.2. The molecule has 0 bridgehead atoms. The van der Waals surface area contributed by atoms with Crippen molar-refractivity contribution in [2.75, 3.05) is 13.1 Å². The molecule has 0 fully saturated rings. The number of phenolic OH excluding ortho intramolecular Hbond substituents is 1. The number of non-ortho nitro benzene ring substituents is 1. The topological polar surface area (TPSA) is 70.8 Å². The lowest BCUT2D eigenvalue weighted by molar-refractivity contribution is -0.828. The van der Waals surface area contributed by atoms with E-state index in [1.165, 1.54) is 56.6 Å². The maximum atomic E-state index is 11.5. The molecule has 1 aliphatic carbocycles. The number of fused-ring (bicyclic) bond motifs is 4. The number of allylic oxidation sites excluding steroid dienone is 1. The number of phenols is 1. The van der Waals surface area contributed by atoms with Crippen LogP contribution in [0.2, 0.25) is 0 Å². The Morgan fingerprint density at radius 3 is 2.20 bits per heavy atom. The van der Waals surface area contributed by atoms with Gasteiger partial charge in [-0.2, -0.15) is 4.58 Å². The van der Waals surface area contributed by atoms with Gasteiger partial charge < -0.3 is 10.0 Å². The number of nitrogens with one attached hydrogen (secondary N) is 1. The summed E-state index contributed by atoms with van der Waals surface area (Å²) in [5.74, 6) is 0.0484. The molecule has 4 aromatic rings. The average molecular weight is 588 g/mol. The van der Waals surface area contributed by atoms with Crippen LogP contribution >= 0.6 is 0 Å². The van der Waals surface area contributed by atoms with Crippen LogP contribution in [0.4, 0.5) is 17.1 Å². The molecule has 0 unspecified atom stereocenters. The number of quaternary nitrogens is 1. The third kappa shape index (κ3) is 4.74. The summed E-state index contributed by atoms with van der Waals surface area (Å²) < 4.78 is 2.18. The molecule has 4 aromatic carbocycles. The van der Waals surface area contributed by atoms with Crippen LogP contribution in [0, 0.1) is 10.1 Å². The second-order valence-corrected chi connectivity index (χ2v) is 13.0. The van der Waals surface area contributed by atoms with E-state index in [4.69, 9.17) is 0 Å². The second kappa shape index (κ2) is 10.9. The maximum Gasteiger partial charge on any atom is 0.270 e. The molecule has 1 heterocycles. The van der Waals surface area contributed by atoms with Crippen LogP contribution in [0.15, 0.2) is 84.9 Å². The molecule has 6 heteroatoms. The quantitative estimate of drug-likeness (QED) is 0.128. The first-order valence-corrected chi connectivity index (χ1v) is 15.5. The number of aromatic hydroxyl groups is 1. The molecule has 2 aliphatic rings. The standard InChI is InChI=1S/C38H39N3O3/c1-7-39(8-2)27-15-18-30-29-17-13-25(21-32(29)37(3,4)33(30)23-27)14-20-36-38(5,6)31-11-9-10-12-34(31)40(36)24-26-22-28(41(43)44)16-19-35(26)42/h9-23H,7-8,24H2,1-6H3/p+2. The zero-order valence-corrected chi connectivity index (χ0v) is 26.4. The molecule has 0 spiro atoms. The molecular formula is C38H41N3O3+2. The lowest BCUT2D eigenvalue weighted by atomic mass is 9.80. The Bertz CT molecular complexity index is 1860. The third-order valence-corrected chi connectivity index (χ3v) is 9.80. The third-order valence-electron chi connectivity index (χ3n) is 9.80. The van der Waals surface area contributed by atoms with Gasteiger partial charge in [0.1, 0.15) is 11.4 Å². The first kappa shape index (κ1) is 29.5.